The van der Waals surface area contributed by atoms with E-state index in [4.69, 9.17) is 0 Å². The number of likely N-dealkylation sites (N-methyl/N-ethyl adjacent to an activating group) is 1. The third kappa shape index (κ3) is 6.43. The maximum absolute atomic E-state index is 10.1. The first-order valence-corrected chi connectivity index (χ1v) is 4.70. The van der Waals surface area contributed by atoms with Crippen LogP contribution in [0.4, 0.5) is 0 Å². The second kappa shape index (κ2) is 4.82. The molecule has 4 nitrogen and oxygen atoms in total. The molecule has 1 N–H and O–H groups in total. The van der Waals surface area contributed by atoms with Gasteiger partial charge in [-0.1, -0.05) is 0 Å². The predicted octanol–water partition coefficient (Wildman–Crippen LogP) is -0.534. The van der Waals surface area contributed by atoms with Crippen molar-refractivity contribution in [1.82, 2.24) is 4.72 Å². The summed E-state index contributed by atoms with van der Waals surface area (Å²) >= 11 is -2.11. The Labute approximate surface area is 70.6 Å². The van der Waals surface area contributed by atoms with E-state index in [1.165, 1.54) is 0 Å². The number of quaternary nitrogens is 1. The number of rotatable bonds is 5. The number of nitrogens with zero attached hydrogens (tertiary/aromatic N) is 1. The lowest BCUT2D eigenvalue weighted by molar-refractivity contribution is -0.887. The molecular formula is C6H16N2O2S. The zero-order valence-electron chi connectivity index (χ0n) is 7.29. The first-order valence-electron chi connectivity index (χ1n) is 3.63. The monoisotopic (exact) mass is 180 g/mol. The molecule has 0 aromatic rings. The van der Waals surface area contributed by atoms with E-state index < -0.39 is 11.3 Å². The number of hydrogen-bond donors (Lipinski definition) is 1. The fourth-order valence-corrected chi connectivity index (χ4v) is 0.848. The van der Waals surface area contributed by atoms with Gasteiger partial charge in [0.05, 0.1) is 33.7 Å². The Morgan fingerprint density at radius 1 is 1.55 bits per heavy atom. The van der Waals surface area contributed by atoms with Crippen molar-refractivity contribution in [3.8, 4) is 0 Å². The van der Waals surface area contributed by atoms with Crippen LogP contribution in [-0.4, -0.2) is 47.0 Å². The van der Waals surface area contributed by atoms with Crippen molar-refractivity contribution in [1.29, 1.82) is 0 Å². The molecule has 0 saturated carbocycles. The third-order valence-corrected chi connectivity index (χ3v) is 2.23. The second-order valence-corrected chi connectivity index (χ2v) is 3.86. The smallest absolute Gasteiger partial charge is 0.0919 e. The van der Waals surface area contributed by atoms with Crippen LogP contribution in [0.15, 0.2) is 0 Å². The normalized spacial score (nSPS) is 14.9. The predicted molar refractivity (Wildman–Crippen MR) is 44.4 cm³/mol. The van der Waals surface area contributed by atoms with Crippen LogP contribution >= 0.6 is 0 Å². The molecule has 0 rings (SSSR count). The van der Waals surface area contributed by atoms with Crippen LogP contribution in [0, 0.1) is 0 Å². The molecular weight excluding hydrogens is 164 g/mol. The van der Waals surface area contributed by atoms with Gasteiger partial charge in [0.2, 0.25) is 0 Å². The van der Waals surface area contributed by atoms with Gasteiger partial charge in [0.15, 0.2) is 0 Å². The average Bonchev–Trinajstić information content (AvgIpc) is 1.87. The van der Waals surface area contributed by atoms with Crippen LogP contribution in [0.2, 0.25) is 0 Å². The van der Waals surface area contributed by atoms with Gasteiger partial charge in [-0.25, -0.2) is 4.72 Å². The van der Waals surface area contributed by atoms with Crippen LogP contribution in [0.5, 0.6) is 0 Å². The molecule has 11 heavy (non-hydrogen) atoms. The van der Waals surface area contributed by atoms with Gasteiger partial charge in [-0.3, -0.25) is 4.21 Å². The summed E-state index contributed by atoms with van der Waals surface area (Å²) in [4.78, 5) is 0. The Hall–Kier alpha value is 0.0300. The first kappa shape index (κ1) is 11.0. The summed E-state index contributed by atoms with van der Waals surface area (Å²) in [6.45, 7) is 4.42. The first-order chi connectivity index (χ1) is 4.98. The summed E-state index contributed by atoms with van der Waals surface area (Å²) < 4.78 is 23.3. The average molecular weight is 180 g/mol. The van der Waals surface area contributed by atoms with Crippen LogP contribution in [0.25, 0.3) is 0 Å². The minimum absolute atomic E-state index is 0.511. The van der Waals surface area contributed by atoms with Crippen LogP contribution in [-0.2, 0) is 11.3 Å². The molecule has 1 unspecified atom stereocenters. The highest BCUT2D eigenvalue weighted by atomic mass is 32.2. The fraction of sp³-hybridized carbons (Fsp3) is 1.00. The largest absolute Gasteiger partial charge is 0.760 e. The van der Waals surface area contributed by atoms with E-state index in [2.05, 4.69) is 25.7 Å². The Morgan fingerprint density at radius 2 is 2.09 bits per heavy atom. The van der Waals surface area contributed by atoms with E-state index in [9.17, 15) is 8.76 Å². The zero-order chi connectivity index (χ0) is 8.91. The van der Waals surface area contributed by atoms with Gasteiger partial charge < -0.3 is 9.04 Å². The lowest BCUT2D eigenvalue weighted by Gasteiger charge is -2.28. The van der Waals surface area contributed by atoms with E-state index in [0.29, 0.717) is 6.54 Å². The molecule has 0 heterocycles. The van der Waals surface area contributed by atoms with Crippen molar-refractivity contribution in [2.24, 2.45) is 0 Å². The molecule has 0 amide bonds. The summed E-state index contributed by atoms with van der Waals surface area (Å²) in [7, 11) is 4.13. The molecule has 0 bridgehead atoms. The van der Waals surface area contributed by atoms with Gasteiger partial charge in [-0.05, 0) is 6.92 Å². The van der Waals surface area contributed by atoms with Crippen molar-refractivity contribution in [2.75, 3.05) is 33.7 Å². The van der Waals surface area contributed by atoms with Gasteiger partial charge in [0, 0.05) is 11.3 Å². The molecule has 0 aromatic carbocycles. The summed E-state index contributed by atoms with van der Waals surface area (Å²) in [5, 5.41) is 0. The van der Waals surface area contributed by atoms with Crippen LogP contribution in [0.3, 0.4) is 0 Å². The Kier molecular flexibility index (Phi) is 4.83. The van der Waals surface area contributed by atoms with Crippen molar-refractivity contribution in [2.45, 2.75) is 6.92 Å². The zero-order valence-corrected chi connectivity index (χ0v) is 8.11. The molecule has 0 aliphatic rings. The highest BCUT2D eigenvalue weighted by molar-refractivity contribution is 7.77. The van der Waals surface area contributed by atoms with Gasteiger partial charge in [-0.2, -0.15) is 0 Å². The molecule has 0 saturated heterocycles. The summed E-state index contributed by atoms with van der Waals surface area (Å²) in [5.74, 6) is 0. The van der Waals surface area contributed by atoms with Crippen molar-refractivity contribution in [3.63, 3.8) is 0 Å². The summed E-state index contributed by atoms with van der Waals surface area (Å²) in [6, 6.07) is 0. The summed E-state index contributed by atoms with van der Waals surface area (Å²) in [5.41, 5.74) is 0. The minimum Gasteiger partial charge on any atom is -0.760 e. The number of nitrogens with one attached hydrogen (secondary N) is 1. The Balaban J connectivity index is 3.45. The van der Waals surface area contributed by atoms with Crippen molar-refractivity contribution in [3.05, 3.63) is 0 Å². The molecule has 68 valence electrons. The lowest BCUT2D eigenvalue weighted by atomic mass is 10.4. The highest BCUT2D eigenvalue weighted by Crippen LogP contribution is 1.92. The van der Waals surface area contributed by atoms with Gasteiger partial charge in [0.1, 0.15) is 0 Å². The molecule has 0 fully saturated rings. The SMILES string of the molecule is CC[N+](C)(C)CCNS(=O)[O-]. The van der Waals surface area contributed by atoms with Crippen LogP contribution in [0.1, 0.15) is 6.92 Å². The summed E-state index contributed by atoms with van der Waals surface area (Å²) in [6.07, 6.45) is 0. The highest BCUT2D eigenvalue weighted by Gasteiger charge is 2.09. The van der Waals surface area contributed by atoms with E-state index in [-0.39, 0.29) is 0 Å². The van der Waals surface area contributed by atoms with E-state index in [1.54, 1.807) is 0 Å². The van der Waals surface area contributed by atoms with Crippen molar-refractivity contribution < 1.29 is 13.2 Å². The topological polar surface area (TPSA) is 52.2 Å². The van der Waals surface area contributed by atoms with Crippen molar-refractivity contribution >= 4 is 11.3 Å². The standard InChI is InChI=1S/C6H16N2O2S/c1-4-8(2,3)6-5-7-11(9)10/h7H,4-6H2,1-3H3. The quantitative estimate of drug-likeness (QED) is 0.456. The molecule has 5 heteroatoms. The maximum Gasteiger partial charge on any atom is 0.0919 e. The van der Waals surface area contributed by atoms with E-state index in [0.717, 1.165) is 17.6 Å². The van der Waals surface area contributed by atoms with Crippen LogP contribution < -0.4 is 4.72 Å². The number of hydrogen-bond acceptors (Lipinski definition) is 2. The molecule has 0 spiro atoms. The minimum atomic E-state index is -2.11. The molecule has 0 aromatic heterocycles. The molecule has 0 aliphatic carbocycles. The van der Waals surface area contributed by atoms with E-state index in [1.807, 2.05) is 0 Å². The van der Waals surface area contributed by atoms with E-state index >= 15 is 0 Å². The van der Waals surface area contributed by atoms with Gasteiger partial charge in [0.25, 0.3) is 0 Å². The molecule has 0 aliphatic heterocycles. The molecule has 1 atom stereocenters. The van der Waals surface area contributed by atoms with Gasteiger partial charge in [-0.15, -0.1) is 0 Å². The van der Waals surface area contributed by atoms with Gasteiger partial charge >= 0.3 is 0 Å². The second-order valence-electron chi connectivity index (χ2n) is 3.10. The Morgan fingerprint density at radius 3 is 2.45 bits per heavy atom. The lowest BCUT2D eigenvalue weighted by Crippen LogP contribution is -2.44. The Bertz CT molecular complexity index is 139. The fourth-order valence-electron chi connectivity index (χ4n) is 0.590. The third-order valence-electron chi connectivity index (χ3n) is 1.79. The molecule has 0 radical (unpaired) electrons. The maximum atomic E-state index is 10.1.